The van der Waals surface area contributed by atoms with Crippen LogP contribution in [0, 0.1) is 13.8 Å². The summed E-state index contributed by atoms with van der Waals surface area (Å²) in [5, 5.41) is 0.905. The highest BCUT2D eigenvalue weighted by Crippen LogP contribution is 2.30. The van der Waals surface area contributed by atoms with Crippen molar-refractivity contribution in [3.8, 4) is 11.6 Å². The SMILES string of the molecule is Cc1[nH]c2ncnc(Oc3cccc(N)c3)c2c1C. The van der Waals surface area contributed by atoms with Gasteiger partial charge < -0.3 is 15.5 Å². The van der Waals surface area contributed by atoms with Gasteiger partial charge in [0.1, 0.15) is 17.7 Å². The third kappa shape index (κ3) is 1.99. The maximum Gasteiger partial charge on any atom is 0.232 e. The number of H-pyrrole nitrogens is 1. The molecule has 0 amide bonds. The Bertz CT molecular complexity index is 748. The van der Waals surface area contributed by atoms with Gasteiger partial charge in [-0.1, -0.05) is 6.07 Å². The number of rotatable bonds is 2. The molecule has 19 heavy (non-hydrogen) atoms. The number of anilines is 1. The van der Waals surface area contributed by atoms with Gasteiger partial charge in [-0.25, -0.2) is 9.97 Å². The number of hydrogen-bond acceptors (Lipinski definition) is 4. The minimum atomic E-state index is 0.539. The Hall–Kier alpha value is -2.56. The number of fused-ring (bicyclic) bond motifs is 1. The zero-order chi connectivity index (χ0) is 13.4. The van der Waals surface area contributed by atoms with Crippen molar-refractivity contribution in [3.05, 3.63) is 41.9 Å². The van der Waals surface area contributed by atoms with Crippen LogP contribution in [0.15, 0.2) is 30.6 Å². The molecule has 0 saturated heterocycles. The monoisotopic (exact) mass is 254 g/mol. The lowest BCUT2D eigenvalue weighted by Crippen LogP contribution is -1.92. The van der Waals surface area contributed by atoms with Gasteiger partial charge in [0.25, 0.3) is 0 Å². The molecule has 5 heteroatoms. The third-order valence-corrected chi connectivity index (χ3v) is 3.13. The van der Waals surface area contributed by atoms with E-state index in [-0.39, 0.29) is 0 Å². The van der Waals surface area contributed by atoms with E-state index in [1.807, 2.05) is 32.0 Å². The number of nitrogen functional groups attached to an aromatic ring is 1. The molecule has 0 aliphatic rings. The van der Waals surface area contributed by atoms with E-state index in [4.69, 9.17) is 10.5 Å². The average Bonchev–Trinajstić information content (AvgIpc) is 2.66. The fourth-order valence-electron chi connectivity index (χ4n) is 2.03. The molecule has 0 radical (unpaired) electrons. The summed E-state index contributed by atoms with van der Waals surface area (Å²) in [5.74, 6) is 1.20. The molecule has 0 saturated carbocycles. The third-order valence-electron chi connectivity index (χ3n) is 3.13. The summed E-state index contributed by atoms with van der Waals surface area (Å²) in [6.07, 6.45) is 1.49. The molecule has 0 aliphatic carbocycles. The van der Waals surface area contributed by atoms with Gasteiger partial charge >= 0.3 is 0 Å². The number of nitrogens with one attached hydrogen (secondary N) is 1. The van der Waals surface area contributed by atoms with Gasteiger partial charge in [0.15, 0.2) is 0 Å². The van der Waals surface area contributed by atoms with E-state index in [1.54, 1.807) is 6.07 Å². The van der Waals surface area contributed by atoms with Crippen LogP contribution in [0.25, 0.3) is 11.0 Å². The minimum Gasteiger partial charge on any atom is -0.438 e. The summed E-state index contributed by atoms with van der Waals surface area (Å²) < 4.78 is 5.82. The fourth-order valence-corrected chi connectivity index (χ4v) is 2.03. The van der Waals surface area contributed by atoms with Gasteiger partial charge in [-0.15, -0.1) is 0 Å². The smallest absolute Gasteiger partial charge is 0.232 e. The highest BCUT2D eigenvalue weighted by molar-refractivity contribution is 5.86. The molecule has 2 heterocycles. The zero-order valence-electron chi connectivity index (χ0n) is 10.8. The van der Waals surface area contributed by atoms with Crippen molar-refractivity contribution in [2.45, 2.75) is 13.8 Å². The zero-order valence-corrected chi connectivity index (χ0v) is 10.8. The highest BCUT2D eigenvalue weighted by atomic mass is 16.5. The molecule has 0 aliphatic heterocycles. The number of aromatic amines is 1. The van der Waals surface area contributed by atoms with Crippen LogP contribution in [0.5, 0.6) is 11.6 Å². The Morgan fingerprint density at radius 2 is 2.05 bits per heavy atom. The summed E-state index contributed by atoms with van der Waals surface area (Å²) in [7, 11) is 0. The van der Waals surface area contributed by atoms with E-state index in [0.29, 0.717) is 17.3 Å². The largest absolute Gasteiger partial charge is 0.438 e. The van der Waals surface area contributed by atoms with Crippen molar-refractivity contribution in [3.63, 3.8) is 0 Å². The number of nitrogens with zero attached hydrogens (tertiary/aromatic N) is 2. The summed E-state index contributed by atoms with van der Waals surface area (Å²) in [5.41, 5.74) is 9.33. The lowest BCUT2D eigenvalue weighted by atomic mass is 10.2. The lowest BCUT2D eigenvalue weighted by Gasteiger charge is -2.06. The number of aryl methyl sites for hydroxylation is 2. The lowest BCUT2D eigenvalue weighted by molar-refractivity contribution is 0.468. The maximum atomic E-state index is 5.82. The van der Waals surface area contributed by atoms with E-state index in [2.05, 4.69) is 15.0 Å². The molecule has 2 aromatic heterocycles. The first-order valence-corrected chi connectivity index (χ1v) is 5.98. The Balaban J connectivity index is 2.10. The van der Waals surface area contributed by atoms with E-state index < -0.39 is 0 Å². The topological polar surface area (TPSA) is 76.8 Å². The van der Waals surface area contributed by atoms with Crippen LogP contribution in [0.4, 0.5) is 5.69 Å². The highest BCUT2D eigenvalue weighted by Gasteiger charge is 2.12. The summed E-state index contributed by atoms with van der Waals surface area (Å²) in [6, 6.07) is 7.27. The molecule has 0 fully saturated rings. The Morgan fingerprint density at radius 3 is 2.84 bits per heavy atom. The van der Waals surface area contributed by atoms with Crippen LogP contribution in [0.2, 0.25) is 0 Å². The van der Waals surface area contributed by atoms with Crippen LogP contribution in [-0.4, -0.2) is 15.0 Å². The van der Waals surface area contributed by atoms with Crippen molar-refractivity contribution >= 4 is 16.7 Å². The molecule has 5 nitrogen and oxygen atoms in total. The first kappa shape index (κ1) is 11.5. The summed E-state index contributed by atoms with van der Waals surface area (Å²) in [4.78, 5) is 11.6. The van der Waals surface area contributed by atoms with Crippen LogP contribution in [0.3, 0.4) is 0 Å². The summed E-state index contributed by atoms with van der Waals surface area (Å²) in [6.45, 7) is 4.02. The van der Waals surface area contributed by atoms with Gasteiger partial charge in [-0.3, -0.25) is 0 Å². The summed E-state index contributed by atoms with van der Waals surface area (Å²) >= 11 is 0. The second-order valence-corrected chi connectivity index (χ2v) is 4.45. The minimum absolute atomic E-state index is 0.539. The average molecular weight is 254 g/mol. The number of aromatic nitrogens is 3. The first-order chi connectivity index (χ1) is 9.15. The van der Waals surface area contributed by atoms with Crippen LogP contribution >= 0.6 is 0 Å². The van der Waals surface area contributed by atoms with E-state index in [9.17, 15) is 0 Å². The second kappa shape index (κ2) is 4.28. The Labute approximate surface area is 110 Å². The predicted molar refractivity (Wildman–Crippen MR) is 74.3 cm³/mol. The van der Waals surface area contributed by atoms with Crippen LogP contribution in [0.1, 0.15) is 11.3 Å². The van der Waals surface area contributed by atoms with Crippen molar-refractivity contribution in [1.29, 1.82) is 0 Å². The molecule has 0 unspecified atom stereocenters. The number of benzene rings is 1. The molecule has 3 N–H and O–H groups in total. The van der Waals surface area contributed by atoms with Crippen molar-refractivity contribution in [2.75, 3.05) is 5.73 Å². The van der Waals surface area contributed by atoms with Gasteiger partial charge in [0, 0.05) is 17.4 Å². The van der Waals surface area contributed by atoms with Crippen molar-refractivity contribution < 1.29 is 4.74 Å². The molecular weight excluding hydrogens is 240 g/mol. The standard InChI is InChI=1S/C14H14N4O/c1-8-9(2)18-13-12(8)14(17-7-16-13)19-11-5-3-4-10(15)6-11/h3-7H,15H2,1-2H3,(H,16,17,18). The molecule has 3 aromatic rings. The number of hydrogen-bond donors (Lipinski definition) is 2. The van der Waals surface area contributed by atoms with Gasteiger partial charge in [-0.05, 0) is 31.5 Å². The second-order valence-electron chi connectivity index (χ2n) is 4.45. The van der Waals surface area contributed by atoms with Crippen LogP contribution in [-0.2, 0) is 0 Å². The fraction of sp³-hybridized carbons (Fsp3) is 0.143. The Morgan fingerprint density at radius 1 is 1.21 bits per heavy atom. The van der Waals surface area contributed by atoms with E-state index >= 15 is 0 Å². The van der Waals surface area contributed by atoms with E-state index in [1.165, 1.54) is 6.33 Å². The van der Waals surface area contributed by atoms with E-state index in [0.717, 1.165) is 22.3 Å². The maximum absolute atomic E-state index is 5.82. The predicted octanol–water partition coefficient (Wildman–Crippen LogP) is 2.95. The normalized spacial score (nSPS) is 10.8. The number of nitrogens with two attached hydrogens (primary N) is 1. The molecule has 96 valence electrons. The van der Waals surface area contributed by atoms with Gasteiger partial charge in [-0.2, -0.15) is 0 Å². The van der Waals surface area contributed by atoms with Gasteiger partial charge in [0.05, 0.1) is 5.39 Å². The molecular formula is C14H14N4O. The van der Waals surface area contributed by atoms with Crippen molar-refractivity contribution in [2.24, 2.45) is 0 Å². The Kier molecular flexibility index (Phi) is 2.59. The molecule has 0 atom stereocenters. The molecule has 0 spiro atoms. The van der Waals surface area contributed by atoms with Crippen molar-refractivity contribution in [1.82, 2.24) is 15.0 Å². The number of ether oxygens (including phenoxy) is 1. The van der Waals surface area contributed by atoms with Crippen LogP contribution < -0.4 is 10.5 Å². The quantitative estimate of drug-likeness (QED) is 0.689. The molecule has 3 rings (SSSR count). The van der Waals surface area contributed by atoms with Gasteiger partial charge in [0.2, 0.25) is 5.88 Å². The first-order valence-electron chi connectivity index (χ1n) is 5.98. The molecule has 0 bridgehead atoms. The molecule has 1 aromatic carbocycles.